The van der Waals surface area contributed by atoms with E-state index in [0.29, 0.717) is 22.0 Å². The van der Waals surface area contributed by atoms with E-state index in [4.69, 9.17) is 5.73 Å². The van der Waals surface area contributed by atoms with Gasteiger partial charge in [-0.3, -0.25) is 18.7 Å². The Labute approximate surface area is 157 Å². The van der Waals surface area contributed by atoms with Crippen LogP contribution in [0.15, 0.2) is 58.2 Å². The lowest BCUT2D eigenvalue weighted by Crippen LogP contribution is -2.22. The van der Waals surface area contributed by atoms with Crippen molar-refractivity contribution in [1.29, 1.82) is 0 Å². The van der Waals surface area contributed by atoms with Gasteiger partial charge >= 0.3 is 0 Å². The molecule has 136 valence electrons. The van der Waals surface area contributed by atoms with Crippen molar-refractivity contribution in [1.82, 2.24) is 19.7 Å². The largest absolute Gasteiger partial charge is 0.383 e. The molecular weight excluding hydrogens is 362 g/mol. The number of anilines is 1. The molecule has 2 aromatic heterocycles. The second-order valence-corrected chi connectivity index (χ2v) is 7.61. The van der Waals surface area contributed by atoms with Gasteiger partial charge in [0.2, 0.25) is 0 Å². The number of benzene rings is 2. The zero-order valence-electron chi connectivity index (χ0n) is 14.8. The zero-order chi connectivity index (χ0) is 19.1. The molecule has 0 radical (unpaired) electrons. The number of nitrogens with two attached hydrogens (primary N) is 1. The van der Waals surface area contributed by atoms with Crippen molar-refractivity contribution in [3.05, 3.63) is 64.4 Å². The Morgan fingerprint density at radius 1 is 1.07 bits per heavy atom. The first-order valence-corrected chi connectivity index (χ1v) is 9.79. The maximum atomic E-state index is 13.2. The molecule has 27 heavy (non-hydrogen) atoms. The van der Waals surface area contributed by atoms with Crippen molar-refractivity contribution in [3.8, 4) is 17.1 Å². The first kappa shape index (κ1) is 17.2. The van der Waals surface area contributed by atoms with E-state index < -0.39 is 10.8 Å². The Hall–Kier alpha value is -3.26. The van der Waals surface area contributed by atoms with E-state index in [9.17, 15) is 9.00 Å². The van der Waals surface area contributed by atoms with Crippen molar-refractivity contribution in [3.63, 3.8) is 0 Å². The van der Waals surface area contributed by atoms with E-state index >= 15 is 0 Å². The van der Waals surface area contributed by atoms with Gasteiger partial charge in [0.25, 0.3) is 5.56 Å². The second kappa shape index (κ2) is 6.48. The molecular formula is C19H17N5O2S. The molecule has 2 heterocycles. The van der Waals surface area contributed by atoms with Gasteiger partial charge in [0.05, 0.1) is 5.69 Å². The van der Waals surface area contributed by atoms with Crippen LogP contribution in [0.25, 0.3) is 28.1 Å². The minimum Gasteiger partial charge on any atom is -0.383 e. The van der Waals surface area contributed by atoms with Crippen LogP contribution in [-0.2, 0) is 10.8 Å². The van der Waals surface area contributed by atoms with Crippen LogP contribution in [-0.4, -0.2) is 30.2 Å². The summed E-state index contributed by atoms with van der Waals surface area (Å²) in [6, 6.07) is 14.7. The van der Waals surface area contributed by atoms with Crippen LogP contribution in [0.3, 0.4) is 0 Å². The molecule has 0 saturated heterocycles. The van der Waals surface area contributed by atoms with Crippen LogP contribution < -0.4 is 11.3 Å². The molecule has 0 spiro atoms. The lowest BCUT2D eigenvalue weighted by atomic mass is 10.1. The highest BCUT2D eigenvalue weighted by molar-refractivity contribution is 7.84. The summed E-state index contributed by atoms with van der Waals surface area (Å²) >= 11 is 0. The number of aryl methyl sites for hydroxylation is 1. The predicted molar refractivity (Wildman–Crippen MR) is 106 cm³/mol. The molecule has 0 aliphatic rings. The smallest absolute Gasteiger partial charge is 0.271 e. The minimum absolute atomic E-state index is 0.187. The first-order valence-electron chi connectivity index (χ1n) is 8.23. The summed E-state index contributed by atoms with van der Waals surface area (Å²) in [4.78, 5) is 18.5. The average Bonchev–Trinajstić information content (AvgIpc) is 3.04. The van der Waals surface area contributed by atoms with Crippen LogP contribution in [0.5, 0.6) is 0 Å². The molecule has 7 nitrogen and oxygen atoms in total. The van der Waals surface area contributed by atoms with Gasteiger partial charge in [-0.05, 0) is 31.2 Å². The van der Waals surface area contributed by atoms with Crippen LogP contribution in [0.2, 0.25) is 0 Å². The number of aromatic nitrogens is 4. The number of nitrogens with zero attached hydrogens (tertiary/aromatic N) is 3. The number of aromatic amines is 1. The Bertz CT molecular complexity index is 1220. The quantitative estimate of drug-likeness (QED) is 0.568. The van der Waals surface area contributed by atoms with Gasteiger partial charge in [0, 0.05) is 27.5 Å². The van der Waals surface area contributed by atoms with E-state index in [0.717, 1.165) is 5.56 Å². The van der Waals surface area contributed by atoms with E-state index in [1.807, 2.05) is 31.2 Å². The third-order valence-corrected chi connectivity index (χ3v) is 5.29. The highest BCUT2D eigenvalue weighted by Gasteiger charge is 2.18. The molecule has 0 saturated carbocycles. The maximum absolute atomic E-state index is 13.2. The van der Waals surface area contributed by atoms with Gasteiger partial charge < -0.3 is 5.73 Å². The number of fused-ring (bicyclic) bond motifs is 1. The Morgan fingerprint density at radius 2 is 1.74 bits per heavy atom. The molecule has 0 aliphatic heterocycles. The number of nitrogen functional groups attached to an aromatic ring is 1. The van der Waals surface area contributed by atoms with Gasteiger partial charge in [-0.2, -0.15) is 5.10 Å². The number of H-pyrrole nitrogens is 1. The molecule has 0 bridgehead atoms. The lowest BCUT2D eigenvalue weighted by molar-refractivity contribution is 0.687. The Kier molecular flexibility index (Phi) is 4.12. The van der Waals surface area contributed by atoms with Gasteiger partial charge in [-0.1, -0.05) is 29.8 Å². The standard InChI is InChI=1S/C19H17N5O2S/c1-11-3-7-13(8-4-11)24-18(12-5-9-14(10-6-12)27(2)26)21-17-15(19(24)25)16(20)22-23-17/h3-10H,1-2H3,(H3,20,22,23). The summed E-state index contributed by atoms with van der Waals surface area (Å²) in [6.07, 6.45) is 1.62. The van der Waals surface area contributed by atoms with Crippen molar-refractivity contribution >= 4 is 27.7 Å². The summed E-state index contributed by atoms with van der Waals surface area (Å²) < 4.78 is 13.2. The fourth-order valence-electron chi connectivity index (χ4n) is 2.92. The zero-order valence-corrected chi connectivity index (χ0v) is 15.6. The molecule has 1 unspecified atom stereocenters. The highest BCUT2D eigenvalue weighted by atomic mass is 32.2. The predicted octanol–water partition coefficient (Wildman–Crippen LogP) is 2.40. The molecule has 0 fully saturated rings. The molecule has 0 aliphatic carbocycles. The number of hydrogen-bond donors (Lipinski definition) is 2. The van der Waals surface area contributed by atoms with E-state index in [-0.39, 0.29) is 22.4 Å². The van der Waals surface area contributed by atoms with Gasteiger partial charge in [-0.25, -0.2) is 4.98 Å². The van der Waals surface area contributed by atoms with Crippen LogP contribution >= 0.6 is 0 Å². The molecule has 4 aromatic rings. The first-order chi connectivity index (χ1) is 13.0. The number of rotatable bonds is 3. The Balaban J connectivity index is 2.03. The van der Waals surface area contributed by atoms with E-state index in [1.54, 1.807) is 30.5 Å². The van der Waals surface area contributed by atoms with Gasteiger partial charge in [0.15, 0.2) is 5.65 Å². The summed E-state index contributed by atoms with van der Waals surface area (Å²) in [7, 11) is -1.08. The summed E-state index contributed by atoms with van der Waals surface area (Å²) in [5.74, 6) is 0.628. The monoisotopic (exact) mass is 379 g/mol. The molecule has 3 N–H and O–H groups in total. The Morgan fingerprint density at radius 3 is 2.37 bits per heavy atom. The summed E-state index contributed by atoms with van der Waals surface area (Å²) in [6.45, 7) is 1.98. The number of nitrogens with one attached hydrogen (secondary N) is 1. The third-order valence-electron chi connectivity index (χ3n) is 4.35. The van der Waals surface area contributed by atoms with Crippen LogP contribution in [0, 0.1) is 6.92 Å². The van der Waals surface area contributed by atoms with Crippen molar-refractivity contribution in [2.75, 3.05) is 12.0 Å². The SMILES string of the molecule is Cc1ccc(-n2c(-c3ccc(S(C)=O)cc3)nc3n[nH]c(N)c3c2=O)cc1. The highest BCUT2D eigenvalue weighted by Crippen LogP contribution is 2.24. The molecule has 4 rings (SSSR count). The lowest BCUT2D eigenvalue weighted by Gasteiger charge is -2.13. The number of hydrogen-bond acceptors (Lipinski definition) is 5. The average molecular weight is 379 g/mol. The molecule has 2 aromatic carbocycles. The molecule has 1 atom stereocenters. The molecule has 8 heteroatoms. The van der Waals surface area contributed by atoms with Crippen molar-refractivity contribution in [2.24, 2.45) is 0 Å². The normalized spacial score (nSPS) is 12.4. The van der Waals surface area contributed by atoms with Crippen LogP contribution in [0.4, 0.5) is 5.82 Å². The van der Waals surface area contributed by atoms with Gasteiger partial charge in [0.1, 0.15) is 17.0 Å². The van der Waals surface area contributed by atoms with Crippen molar-refractivity contribution < 1.29 is 4.21 Å². The minimum atomic E-state index is -1.08. The summed E-state index contributed by atoms with van der Waals surface area (Å²) in [5, 5.41) is 6.91. The van der Waals surface area contributed by atoms with E-state index in [1.165, 1.54) is 4.57 Å². The topological polar surface area (TPSA) is 107 Å². The molecule has 0 amide bonds. The third kappa shape index (κ3) is 2.93. The second-order valence-electron chi connectivity index (χ2n) is 6.23. The maximum Gasteiger partial charge on any atom is 0.271 e. The van der Waals surface area contributed by atoms with E-state index in [2.05, 4.69) is 15.2 Å². The van der Waals surface area contributed by atoms with Crippen LogP contribution in [0.1, 0.15) is 5.56 Å². The van der Waals surface area contributed by atoms with Gasteiger partial charge in [-0.15, -0.1) is 0 Å². The fourth-order valence-corrected chi connectivity index (χ4v) is 3.44. The fraction of sp³-hybridized carbons (Fsp3) is 0.105. The van der Waals surface area contributed by atoms with Crippen molar-refractivity contribution in [2.45, 2.75) is 11.8 Å². The summed E-state index contributed by atoms with van der Waals surface area (Å²) in [5.41, 5.74) is 8.33.